The van der Waals surface area contributed by atoms with E-state index in [0.29, 0.717) is 12.4 Å². The molecule has 1 aliphatic carbocycles. The number of ether oxygens (including phenoxy) is 1. The molecule has 1 saturated carbocycles. The molecule has 3 rings (SSSR count). The van der Waals surface area contributed by atoms with E-state index in [2.05, 4.69) is 21.7 Å². The van der Waals surface area contributed by atoms with E-state index in [-0.39, 0.29) is 11.4 Å². The van der Waals surface area contributed by atoms with Crippen LogP contribution in [0.5, 0.6) is 5.75 Å². The van der Waals surface area contributed by atoms with Crippen LogP contribution in [0.4, 0.5) is 10.6 Å². The quantitative estimate of drug-likeness (QED) is 0.880. The van der Waals surface area contributed by atoms with Crippen molar-refractivity contribution in [1.82, 2.24) is 10.3 Å². The molecule has 1 aromatic carbocycles. The molecule has 0 radical (unpaired) electrons. The van der Waals surface area contributed by atoms with Gasteiger partial charge in [0, 0.05) is 23.7 Å². The Balaban J connectivity index is 1.71. The molecule has 0 unspecified atom stereocenters. The number of para-hydroxylation sites is 1. The second-order valence-electron chi connectivity index (χ2n) is 6.21. The normalized spacial score (nSPS) is 15.7. The Morgan fingerprint density at radius 1 is 1.17 bits per heavy atom. The maximum atomic E-state index is 12.2. The number of pyridine rings is 1. The minimum Gasteiger partial charge on any atom is -0.496 e. The number of rotatable bonds is 5. The number of anilines is 1. The van der Waals surface area contributed by atoms with Gasteiger partial charge in [-0.3, -0.25) is 5.32 Å². The molecule has 1 fully saturated rings. The predicted octanol–water partition coefficient (Wildman–Crippen LogP) is 3.72. The summed E-state index contributed by atoms with van der Waals surface area (Å²) in [6.07, 6.45) is 6.10. The van der Waals surface area contributed by atoms with E-state index in [1.165, 1.54) is 18.4 Å². The number of carbonyl (C=O) groups excluding carboxylic acids is 1. The Kier molecular flexibility index (Phi) is 4.99. The van der Waals surface area contributed by atoms with Gasteiger partial charge in [-0.1, -0.05) is 37.1 Å². The molecule has 5 heteroatoms. The van der Waals surface area contributed by atoms with E-state index in [1.807, 2.05) is 30.3 Å². The summed E-state index contributed by atoms with van der Waals surface area (Å²) in [5.74, 6) is 1.44. The first-order valence-corrected chi connectivity index (χ1v) is 8.33. The second-order valence-corrected chi connectivity index (χ2v) is 6.21. The lowest BCUT2D eigenvalue weighted by Gasteiger charge is -2.31. The topological polar surface area (TPSA) is 63.2 Å². The van der Waals surface area contributed by atoms with E-state index < -0.39 is 0 Å². The highest BCUT2D eigenvalue weighted by atomic mass is 16.5. The van der Waals surface area contributed by atoms with Gasteiger partial charge in [0.15, 0.2) is 0 Å². The molecule has 1 aliphatic rings. The summed E-state index contributed by atoms with van der Waals surface area (Å²) in [6.45, 7) is 0.589. The smallest absolute Gasteiger partial charge is 0.320 e. The minimum absolute atomic E-state index is 0.0614. The zero-order valence-electron chi connectivity index (χ0n) is 13.9. The molecule has 2 aromatic rings. The number of urea groups is 1. The number of hydrogen-bond donors (Lipinski definition) is 2. The Bertz CT molecular complexity index is 682. The van der Waals surface area contributed by atoms with E-state index in [0.717, 1.165) is 18.6 Å². The van der Waals surface area contributed by atoms with Crippen LogP contribution in [0.25, 0.3) is 0 Å². The number of benzene rings is 1. The fourth-order valence-corrected chi connectivity index (χ4v) is 3.52. The predicted molar refractivity (Wildman–Crippen MR) is 94.4 cm³/mol. The van der Waals surface area contributed by atoms with Crippen LogP contribution in [0.2, 0.25) is 0 Å². The lowest BCUT2D eigenvalue weighted by atomic mass is 9.78. The van der Waals surface area contributed by atoms with Crippen molar-refractivity contribution in [1.29, 1.82) is 0 Å². The summed E-state index contributed by atoms with van der Waals surface area (Å²) < 4.78 is 5.55. The highest BCUT2D eigenvalue weighted by Crippen LogP contribution is 2.44. The average molecular weight is 325 g/mol. The fourth-order valence-electron chi connectivity index (χ4n) is 3.52. The number of methoxy groups -OCH3 is 1. The van der Waals surface area contributed by atoms with Crippen LogP contribution in [0.1, 0.15) is 31.2 Å². The molecular formula is C19H23N3O2. The Hall–Kier alpha value is -2.56. The van der Waals surface area contributed by atoms with Crippen LogP contribution in [0.3, 0.4) is 0 Å². The zero-order valence-corrected chi connectivity index (χ0v) is 13.9. The van der Waals surface area contributed by atoms with Crippen molar-refractivity contribution in [3.05, 3.63) is 54.2 Å². The summed E-state index contributed by atoms with van der Waals surface area (Å²) >= 11 is 0. The molecule has 5 nitrogen and oxygen atoms in total. The molecule has 0 saturated heterocycles. The van der Waals surface area contributed by atoms with Crippen LogP contribution in [0.15, 0.2) is 48.7 Å². The minimum atomic E-state index is -0.227. The third kappa shape index (κ3) is 3.50. The zero-order chi connectivity index (χ0) is 16.8. The molecular weight excluding hydrogens is 302 g/mol. The maximum absolute atomic E-state index is 12.2. The Morgan fingerprint density at radius 2 is 1.92 bits per heavy atom. The molecule has 126 valence electrons. The van der Waals surface area contributed by atoms with E-state index >= 15 is 0 Å². The van der Waals surface area contributed by atoms with Gasteiger partial charge in [-0.05, 0) is 31.0 Å². The summed E-state index contributed by atoms with van der Waals surface area (Å²) in [6, 6.07) is 13.3. The van der Waals surface area contributed by atoms with Crippen molar-refractivity contribution < 1.29 is 9.53 Å². The van der Waals surface area contributed by atoms with Gasteiger partial charge in [-0.25, -0.2) is 9.78 Å². The van der Waals surface area contributed by atoms with Crippen molar-refractivity contribution in [2.45, 2.75) is 31.1 Å². The largest absolute Gasteiger partial charge is 0.496 e. The lowest BCUT2D eigenvalue weighted by Crippen LogP contribution is -2.41. The standard InChI is InChI=1S/C19H23N3O2/c1-24-16-9-3-2-8-15(16)19(11-5-6-12-19)14-21-18(23)22-17-10-4-7-13-20-17/h2-4,7-10,13H,5-6,11-12,14H2,1H3,(H2,20,21,22,23). The molecule has 0 aliphatic heterocycles. The third-order valence-electron chi connectivity index (χ3n) is 4.73. The molecule has 1 aromatic heterocycles. The number of amides is 2. The number of nitrogens with zero attached hydrogens (tertiary/aromatic N) is 1. The van der Waals surface area contributed by atoms with Crippen LogP contribution < -0.4 is 15.4 Å². The van der Waals surface area contributed by atoms with Gasteiger partial charge in [0.25, 0.3) is 0 Å². The number of nitrogens with one attached hydrogen (secondary N) is 2. The SMILES string of the molecule is COc1ccccc1C1(CNC(=O)Nc2ccccn2)CCCC1. The van der Waals surface area contributed by atoms with Gasteiger partial charge in [0.1, 0.15) is 11.6 Å². The number of carbonyl (C=O) groups is 1. The highest BCUT2D eigenvalue weighted by molar-refractivity contribution is 5.88. The van der Waals surface area contributed by atoms with Gasteiger partial charge >= 0.3 is 6.03 Å². The lowest BCUT2D eigenvalue weighted by molar-refractivity contribution is 0.248. The average Bonchev–Trinajstić information content (AvgIpc) is 3.11. The fraction of sp³-hybridized carbons (Fsp3) is 0.368. The summed E-state index contributed by atoms with van der Waals surface area (Å²) in [5.41, 5.74) is 1.12. The van der Waals surface area contributed by atoms with Gasteiger partial charge in [0.2, 0.25) is 0 Å². The van der Waals surface area contributed by atoms with Crippen molar-refractivity contribution in [2.75, 3.05) is 19.0 Å². The first-order valence-electron chi connectivity index (χ1n) is 8.33. The van der Waals surface area contributed by atoms with Crippen molar-refractivity contribution >= 4 is 11.8 Å². The van der Waals surface area contributed by atoms with Crippen LogP contribution in [-0.2, 0) is 5.41 Å². The molecule has 0 spiro atoms. The van der Waals surface area contributed by atoms with Crippen molar-refractivity contribution in [3.8, 4) is 5.75 Å². The first kappa shape index (κ1) is 16.3. The van der Waals surface area contributed by atoms with Gasteiger partial charge in [-0.15, -0.1) is 0 Å². The van der Waals surface area contributed by atoms with E-state index in [1.54, 1.807) is 19.4 Å². The number of aromatic nitrogens is 1. The van der Waals surface area contributed by atoms with Gasteiger partial charge in [0.05, 0.1) is 7.11 Å². The second kappa shape index (κ2) is 7.34. The first-order chi connectivity index (χ1) is 11.7. The van der Waals surface area contributed by atoms with Crippen LogP contribution in [0, 0.1) is 0 Å². The molecule has 0 bridgehead atoms. The van der Waals surface area contributed by atoms with Crippen molar-refractivity contribution in [3.63, 3.8) is 0 Å². The maximum Gasteiger partial charge on any atom is 0.320 e. The Labute approximate surface area is 142 Å². The van der Waals surface area contributed by atoms with Crippen LogP contribution >= 0.6 is 0 Å². The van der Waals surface area contributed by atoms with E-state index in [4.69, 9.17) is 4.74 Å². The van der Waals surface area contributed by atoms with Gasteiger partial charge < -0.3 is 10.1 Å². The summed E-state index contributed by atoms with van der Waals surface area (Å²) in [5, 5.41) is 5.79. The summed E-state index contributed by atoms with van der Waals surface area (Å²) in [7, 11) is 1.70. The monoisotopic (exact) mass is 325 g/mol. The number of hydrogen-bond acceptors (Lipinski definition) is 3. The molecule has 2 N–H and O–H groups in total. The van der Waals surface area contributed by atoms with E-state index in [9.17, 15) is 4.79 Å². The molecule has 0 atom stereocenters. The van der Waals surface area contributed by atoms with Crippen molar-refractivity contribution in [2.24, 2.45) is 0 Å². The third-order valence-corrected chi connectivity index (χ3v) is 4.73. The van der Waals surface area contributed by atoms with Crippen LogP contribution in [-0.4, -0.2) is 24.7 Å². The molecule has 2 amide bonds. The Morgan fingerprint density at radius 3 is 2.62 bits per heavy atom. The van der Waals surface area contributed by atoms with Gasteiger partial charge in [-0.2, -0.15) is 0 Å². The summed E-state index contributed by atoms with van der Waals surface area (Å²) in [4.78, 5) is 16.3. The molecule has 1 heterocycles. The molecule has 24 heavy (non-hydrogen) atoms. The highest BCUT2D eigenvalue weighted by Gasteiger charge is 2.38.